The number of benzene rings is 2. The Morgan fingerprint density at radius 3 is 1.96 bits per heavy atom. The van der Waals surface area contributed by atoms with Crippen LogP contribution in [0, 0.1) is 11.3 Å². The van der Waals surface area contributed by atoms with Crippen LogP contribution in [-0.2, 0) is 4.79 Å². The van der Waals surface area contributed by atoms with E-state index in [1.165, 1.54) is 4.90 Å². The quantitative estimate of drug-likeness (QED) is 0.597. The molecule has 0 spiro atoms. The van der Waals surface area contributed by atoms with Crippen molar-refractivity contribution < 1.29 is 18.0 Å². The maximum atomic E-state index is 13.9. The fraction of sp³-hybridized carbons (Fsp3) is 0.409. The lowest BCUT2D eigenvalue weighted by atomic mass is 9.63. The van der Waals surface area contributed by atoms with E-state index < -0.39 is 23.4 Å². The van der Waals surface area contributed by atoms with Crippen molar-refractivity contribution >= 4 is 17.3 Å². The third-order valence-electron chi connectivity index (χ3n) is 5.72. The van der Waals surface area contributed by atoms with Crippen molar-refractivity contribution in [2.45, 2.75) is 45.2 Å². The van der Waals surface area contributed by atoms with Crippen molar-refractivity contribution in [3.63, 3.8) is 0 Å². The lowest BCUT2D eigenvalue weighted by molar-refractivity contribution is -0.217. The zero-order valence-corrected chi connectivity index (χ0v) is 15.4. The number of para-hydroxylation sites is 2. The lowest BCUT2D eigenvalue weighted by Gasteiger charge is -2.45. The van der Waals surface area contributed by atoms with E-state index in [-0.39, 0.29) is 19.3 Å². The van der Waals surface area contributed by atoms with Crippen LogP contribution in [-0.4, -0.2) is 12.1 Å². The lowest BCUT2D eigenvalue weighted by Crippen LogP contribution is -2.52. The van der Waals surface area contributed by atoms with E-state index in [2.05, 4.69) is 0 Å². The van der Waals surface area contributed by atoms with Crippen LogP contribution in [0.5, 0.6) is 0 Å². The minimum absolute atomic E-state index is 0.0144. The molecule has 0 aliphatic heterocycles. The van der Waals surface area contributed by atoms with Gasteiger partial charge in [-0.15, -0.1) is 0 Å². The first-order valence-corrected chi connectivity index (χ1v) is 9.41. The number of carbonyl (C=O) groups excluding carboxylic acids is 1. The van der Waals surface area contributed by atoms with Crippen LogP contribution >= 0.6 is 0 Å². The Hall–Kier alpha value is -2.30. The van der Waals surface area contributed by atoms with E-state index >= 15 is 0 Å². The molecule has 2 unspecified atom stereocenters. The molecule has 0 radical (unpaired) electrons. The maximum absolute atomic E-state index is 13.9. The van der Waals surface area contributed by atoms with Crippen molar-refractivity contribution in [3.8, 4) is 0 Å². The number of hydrogen-bond donors (Lipinski definition) is 0. The van der Waals surface area contributed by atoms with Gasteiger partial charge in [-0.2, -0.15) is 13.2 Å². The molecule has 3 rings (SSSR count). The zero-order valence-electron chi connectivity index (χ0n) is 15.4. The predicted molar refractivity (Wildman–Crippen MR) is 101 cm³/mol. The number of anilines is 2. The van der Waals surface area contributed by atoms with E-state index in [0.717, 1.165) is 0 Å². The summed E-state index contributed by atoms with van der Waals surface area (Å²) >= 11 is 0. The summed E-state index contributed by atoms with van der Waals surface area (Å²) in [6.07, 6.45) is -2.78. The predicted octanol–water partition coefficient (Wildman–Crippen LogP) is 6.50. The van der Waals surface area contributed by atoms with Gasteiger partial charge in [0.15, 0.2) is 0 Å². The van der Waals surface area contributed by atoms with Gasteiger partial charge in [-0.3, -0.25) is 9.69 Å². The summed E-state index contributed by atoms with van der Waals surface area (Å²) in [5.74, 6) is -2.06. The van der Waals surface area contributed by atoms with Gasteiger partial charge in [-0.25, -0.2) is 0 Å². The van der Waals surface area contributed by atoms with Gasteiger partial charge in [0, 0.05) is 11.4 Å². The Morgan fingerprint density at radius 1 is 1.00 bits per heavy atom. The number of carbonyl (C=O) groups is 1. The number of alkyl halides is 3. The van der Waals surface area contributed by atoms with Crippen LogP contribution in [0.1, 0.15) is 39.0 Å². The molecule has 27 heavy (non-hydrogen) atoms. The number of halogens is 3. The summed E-state index contributed by atoms with van der Waals surface area (Å²) in [7, 11) is 0. The number of rotatable bonds is 4. The molecule has 2 atom stereocenters. The molecule has 0 bridgehead atoms. The van der Waals surface area contributed by atoms with E-state index in [1.807, 2.05) is 12.1 Å². The van der Waals surface area contributed by atoms with E-state index in [9.17, 15) is 18.0 Å². The summed E-state index contributed by atoms with van der Waals surface area (Å²) in [5.41, 5.74) is -0.247. The monoisotopic (exact) mass is 375 g/mol. The van der Waals surface area contributed by atoms with Crippen LogP contribution in [0.4, 0.5) is 24.5 Å². The van der Waals surface area contributed by atoms with E-state index in [1.54, 1.807) is 55.5 Å². The van der Waals surface area contributed by atoms with Crippen molar-refractivity contribution in [2.24, 2.45) is 11.3 Å². The first kappa shape index (κ1) is 19.5. The average Bonchev–Trinajstić information content (AvgIpc) is 2.69. The normalized spacial score (nSPS) is 23.0. The molecular formula is C22H24F3NO. The average molecular weight is 375 g/mol. The Kier molecular flexibility index (Phi) is 5.59. The second-order valence-corrected chi connectivity index (χ2v) is 7.16. The van der Waals surface area contributed by atoms with Gasteiger partial charge >= 0.3 is 6.18 Å². The van der Waals surface area contributed by atoms with Gasteiger partial charge in [0.25, 0.3) is 0 Å². The first-order chi connectivity index (χ1) is 12.9. The summed E-state index contributed by atoms with van der Waals surface area (Å²) < 4.78 is 41.6. The molecule has 1 aliphatic rings. The van der Waals surface area contributed by atoms with Crippen molar-refractivity contribution in [3.05, 3.63) is 60.7 Å². The summed E-state index contributed by atoms with van der Waals surface area (Å²) in [6, 6.07) is 17.9. The first-order valence-electron chi connectivity index (χ1n) is 9.41. The third-order valence-corrected chi connectivity index (χ3v) is 5.72. The fourth-order valence-corrected chi connectivity index (χ4v) is 4.31. The zero-order chi connectivity index (χ0) is 19.5. The number of nitrogens with zero attached hydrogens (tertiary/aromatic N) is 1. The summed E-state index contributed by atoms with van der Waals surface area (Å²) in [6.45, 7) is 1.70. The highest BCUT2D eigenvalue weighted by atomic mass is 19.4. The van der Waals surface area contributed by atoms with Gasteiger partial charge in [0.05, 0.1) is 11.3 Å². The smallest absolute Gasteiger partial charge is 0.281 e. The van der Waals surface area contributed by atoms with Crippen LogP contribution in [0.15, 0.2) is 60.7 Å². The second kappa shape index (κ2) is 7.75. The van der Waals surface area contributed by atoms with Gasteiger partial charge in [-0.05, 0) is 43.5 Å². The largest absolute Gasteiger partial charge is 0.392 e. The van der Waals surface area contributed by atoms with Crippen LogP contribution in [0.2, 0.25) is 0 Å². The van der Waals surface area contributed by atoms with Crippen LogP contribution in [0.25, 0.3) is 0 Å². The highest BCUT2D eigenvalue weighted by Crippen LogP contribution is 2.53. The summed E-state index contributed by atoms with van der Waals surface area (Å²) in [4.78, 5) is 15.2. The molecule has 1 aliphatic carbocycles. The van der Waals surface area contributed by atoms with Gasteiger partial charge in [-0.1, -0.05) is 56.2 Å². The number of amides is 1. The van der Waals surface area contributed by atoms with Crippen LogP contribution in [0.3, 0.4) is 0 Å². The number of hydrogen-bond acceptors (Lipinski definition) is 1. The minimum Gasteiger partial charge on any atom is -0.281 e. The van der Waals surface area contributed by atoms with E-state index in [0.29, 0.717) is 24.2 Å². The van der Waals surface area contributed by atoms with Crippen molar-refractivity contribution in [1.82, 2.24) is 0 Å². The van der Waals surface area contributed by atoms with Crippen molar-refractivity contribution in [1.29, 1.82) is 0 Å². The molecule has 1 amide bonds. The second-order valence-electron chi connectivity index (χ2n) is 7.16. The van der Waals surface area contributed by atoms with Crippen molar-refractivity contribution in [2.75, 3.05) is 4.90 Å². The minimum atomic E-state index is -4.38. The Morgan fingerprint density at radius 2 is 1.52 bits per heavy atom. The third kappa shape index (κ3) is 3.73. The van der Waals surface area contributed by atoms with Crippen LogP contribution < -0.4 is 4.90 Å². The fourth-order valence-electron chi connectivity index (χ4n) is 4.31. The molecule has 0 heterocycles. The SMILES string of the molecule is CCC1(C(=O)N(c2ccccc2)c2ccccc2)CCCCC1C(F)(F)F. The molecule has 5 heteroatoms. The molecule has 2 aromatic carbocycles. The Bertz CT molecular complexity index is 721. The molecule has 0 aromatic heterocycles. The highest BCUT2D eigenvalue weighted by Gasteiger charge is 2.58. The summed E-state index contributed by atoms with van der Waals surface area (Å²) in [5, 5.41) is 0. The Balaban J connectivity index is 2.12. The maximum Gasteiger partial charge on any atom is 0.392 e. The molecule has 1 fully saturated rings. The van der Waals surface area contributed by atoms with Gasteiger partial charge in [0.1, 0.15) is 0 Å². The van der Waals surface area contributed by atoms with Gasteiger partial charge < -0.3 is 0 Å². The molecule has 0 N–H and O–H groups in total. The highest BCUT2D eigenvalue weighted by molar-refractivity contribution is 6.04. The molecule has 2 aromatic rings. The standard InChI is InChI=1S/C22H24F3NO/c1-2-21(16-10-9-15-19(21)22(23,24)25)20(27)26(17-11-5-3-6-12-17)18-13-7-4-8-14-18/h3-8,11-14,19H,2,9-10,15-16H2,1H3. The van der Waals surface area contributed by atoms with E-state index in [4.69, 9.17) is 0 Å². The molecule has 0 saturated heterocycles. The Labute approximate surface area is 158 Å². The molecular weight excluding hydrogens is 351 g/mol. The molecule has 144 valence electrons. The molecule has 2 nitrogen and oxygen atoms in total. The molecule has 1 saturated carbocycles. The topological polar surface area (TPSA) is 20.3 Å². The van der Waals surface area contributed by atoms with Gasteiger partial charge in [0.2, 0.25) is 5.91 Å².